The third kappa shape index (κ3) is 3.61. The summed E-state index contributed by atoms with van der Waals surface area (Å²) in [5.74, 6) is -0.591. The summed E-state index contributed by atoms with van der Waals surface area (Å²) in [6, 6.07) is 3.64. The van der Waals surface area contributed by atoms with Crippen molar-refractivity contribution < 1.29 is 8.78 Å². The van der Waals surface area contributed by atoms with Gasteiger partial charge in [-0.25, -0.2) is 13.8 Å². The lowest BCUT2D eigenvalue weighted by molar-refractivity contribution is 0.574. The maximum absolute atomic E-state index is 13.6. The first-order chi connectivity index (χ1) is 9.49. The second-order valence-electron chi connectivity index (χ2n) is 5.19. The van der Waals surface area contributed by atoms with Gasteiger partial charge in [0.1, 0.15) is 11.6 Å². The molecule has 0 fully saturated rings. The highest BCUT2D eigenvalue weighted by Crippen LogP contribution is 2.24. The van der Waals surface area contributed by atoms with Crippen LogP contribution in [0.2, 0.25) is 0 Å². The van der Waals surface area contributed by atoms with Crippen molar-refractivity contribution in [3.8, 4) is 0 Å². The number of benzene rings is 1. The molecule has 5 heteroatoms. The van der Waals surface area contributed by atoms with Gasteiger partial charge in [0.15, 0.2) is 0 Å². The fourth-order valence-corrected chi connectivity index (χ4v) is 3.04. The van der Waals surface area contributed by atoms with Crippen LogP contribution in [0.25, 0.3) is 0 Å². The average molecular weight is 296 g/mol. The molecule has 1 aromatic carbocycles. The smallest absolute Gasteiger partial charge is 0.129 e. The van der Waals surface area contributed by atoms with E-state index >= 15 is 0 Å². The second kappa shape index (κ2) is 6.41. The Morgan fingerprint density at radius 1 is 1.30 bits per heavy atom. The Morgan fingerprint density at radius 3 is 2.65 bits per heavy atom. The Labute approximate surface area is 121 Å². The van der Waals surface area contributed by atoms with Crippen LogP contribution in [-0.2, 0) is 19.4 Å². The molecule has 1 heterocycles. The number of rotatable bonds is 5. The van der Waals surface area contributed by atoms with E-state index in [-0.39, 0.29) is 0 Å². The molecule has 2 aromatic rings. The lowest BCUT2D eigenvalue weighted by Gasteiger charge is -2.02. The molecule has 0 aliphatic heterocycles. The monoisotopic (exact) mass is 296 g/mol. The Bertz CT molecular complexity index is 594. The summed E-state index contributed by atoms with van der Waals surface area (Å²) in [4.78, 5) is 5.61. The van der Waals surface area contributed by atoms with E-state index in [1.54, 1.807) is 0 Å². The minimum absolute atomic E-state index is 0.377. The van der Waals surface area contributed by atoms with Gasteiger partial charge in [0.2, 0.25) is 0 Å². The first-order valence-electron chi connectivity index (χ1n) is 6.61. The number of halogens is 2. The molecule has 0 radical (unpaired) electrons. The third-order valence-electron chi connectivity index (χ3n) is 2.97. The molecule has 2 nitrogen and oxygen atoms in total. The first-order valence-corrected chi connectivity index (χ1v) is 7.42. The van der Waals surface area contributed by atoms with Crippen LogP contribution in [0, 0.1) is 17.6 Å². The van der Waals surface area contributed by atoms with Crippen LogP contribution in [-0.4, -0.2) is 4.98 Å². The van der Waals surface area contributed by atoms with Crippen molar-refractivity contribution in [2.45, 2.75) is 33.2 Å². The van der Waals surface area contributed by atoms with E-state index < -0.39 is 11.6 Å². The highest BCUT2D eigenvalue weighted by molar-refractivity contribution is 7.11. The van der Waals surface area contributed by atoms with E-state index in [1.807, 2.05) is 0 Å². The minimum atomic E-state index is -0.562. The number of nitrogens with zero attached hydrogens (tertiary/aromatic N) is 1. The van der Waals surface area contributed by atoms with Gasteiger partial charge in [0.25, 0.3) is 0 Å². The van der Waals surface area contributed by atoms with Gasteiger partial charge in [-0.2, -0.15) is 0 Å². The normalized spacial score (nSPS) is 11.3. The predicted molar refractivity (Wildman–Crippen MR) is 77.7 cm³/mol. The van der Waals surface area contributed by atoms with Crippen molar-refractivity contribution in [1.82, 2.24) is 4.98 Å². The van der Waals surface area contributed by atoms with Gasteiger partial charge in [-0.15, -0.1) is 11.3 Å². The maximum Gasteiger partial charge on any atom is 0.129 e. The summed E-state index contributed by atoms with van der Waals surface area (Å²) in [5, 5.41) is 0.826. The number of hydrogen-bond donors (Lipinski definition) is 1. The molecule has 0 atom stereocenters. The quantitative estimate of drug-likeness (QED) is 0.914. The highest BCUT2D eigenvalue weighted by Gasteiger charge is 2.13. The van der Waals surface area contributed by atoms with Crippen molar-refractivity contribution in [3.63, 3.8) is 0 Å². The summed E-state index contributed by atoms with van der Waals surface area (Å²) < 4.78 is 26.5. The zero-order chi connectivity index (χ0) is 14.7. The summed E-state index contributed by atoms with van der Waals surface area (Å²) >= 11 is 1.51. The van der Waals surface area contributed by atoms with Crippen molar-refractivity contribution in [2.75, 3.05) is 0 Å². The van der Waals surface area contributed by atoms with Crippen LogP contribution in [0.5, 0.6) is 0 Å². The van der Waals surface area contributed by atoms with Gasteiger partial charge in [-0.3, -0.25) is 0 Å². The molecule has 20 heavy (non-hydrogen) atoms. The lowest BCUT2D eigenvalue weighted by atomic mass is 10.1. The third-order valence-corrected chi connectivity index (χ3v) is 4.09. The number of thiazole rings is 1. The summed E-state index contributed by atoms with van der Waals surface area (Å²) in [6.45, 7) is 4.70. The van der Waals surface area contributed by atoms with E-state index in [1.165, 1.54) is 23.5 Å². The van der Waals surface area contributed by atoms with Crippen molar-refractivity contribution in [1.29, 1.82) is 0 Å². The standard InChI is InChI=1S/C15H18F2N2S/c1-9(2)5-13-14(8-18)20-15(19-13)6-10-3-4-11(16)7-12(10)17/h3-4,7,9H,5-6,8,18H2,1-2H3. The molecule has 0 saturated heterocycles. The van der Waals surface area contributed by atoms with Gasteiger partial charge in [-0.1, -0.05) is 19.9 Å². The Morgan fingerprint density at radius 2 is 2.05 bits per heavy atom. The van der Waals surface area contributed by atoms with Crippen molar-refractivity contribution in [3.05, 3.63) is 51.0 Å². The molecule has 108 valence electrons. The molecular weight excluding hydrogens is 278 g/mol. The van der Waals surface area contributed by atoms with Gasteiger partial charge >= 0.3 is 0 Å². The molecule has 2 N–H and O–H groups in total. The number of nitrogens with two attached hydrogens (primary N) is 1. The van der Waals surface area contributed by atoms with E-state index in [2.05, 4.69) is 18.8 Å². The van der Waals surface area contributed by atoms with E-state index in [0.29, 0.717) is 24.4 Å². The van der Waals surface area contributed by atoms with Crippen LogP contribution in [0.15, 0.2) is 18.2 Å². The second-order valence-corrected chi connectivity index (χ2v) is 6.36. The fourth-order valence-electron chi connectivity index (χ4n) is 2.05. The largest absolute Gasteiger partial charge is 0.326 e. The Kier molecular flexibility index (Phi) is 4.83. The maximum atomic E-state index is 13.6. The van der Waals surface area contributed by atoms with Crippen LogP contribution in [0.3, 0.4) is 0 Å². The van der Waals surface area contributed by atoms with Gasteiger partial charge in [0.05, 0.1) is 10.7 Å². The molecule has 0 aliphatic rings. The average Bonchev–Trinajstić information content (AvgIpc) is 2.74. The molecular formula is C15H18F2N2S. The Hall–Kier alpha value is -1.33. The number of aromatic nitrogens is 1. The van der Waals surface area contributed by atoms with Crippen LogP contribution >= 0.6 is 11.3 Å². The van der Waals surface area contributed by atoms with Crippen LogP contribution < -0.4 is 5.73 Å². The zero-order valence-corrected chi connectivity index (χ0v) is 12.4. The molecule has 0 unspecified atom stereocenters. The molecule has 0 spiro atoms. The fraction of sp³-hybridized carbons (Fsp3) is 0.400. The first kappa shape index (κ1) is 15.1. The molecule has 0 amide bonds. The van der Waals surface area contributed by atoms with Gasteiger partial charge in [0, 0.05) is 23.9 Å². The molecule has 0 aliphatic carbocycles. The molecule has 2 rings (SSSR count). The van der Waals surface area contributed by atoms with E-state index in [9.17, 15) is 8.78 Å². The summed E-state index contributed by atoms with van der Waals surface area (Å²) in [7, 11) is 0. The molecule has 0 bridgehead atoms. The Balaban J connectivity index is 2.23. The van der Waals surface area contributed by atoms with Crippen LogP contribution in [0.1, 0.15) is 35.0 Å². The van der Waals surface area contributed by atoms with Crippen molar-refractivity contribution >= 4 is 11.3 Å². The lowest BCUT2D eigenvalue weighted by Crippen LogP contribution is -2.02. The topological polar surface area (TPSA) is 38.9 Å². The summed E-state index contributed by atoms with van der Waals surface area (Å²) in [5.41, 5.74) is 7.19. The molecule has 1 aromatic heterocycles. The number of hydrogen-bond acceptors (Lipinski definition) is 3. The van der Waals surface area contributed by atoms with Gasteiger partial charge in [-0.05, 0) is 24.0 Å². The predicted octanol–water partition coefficient (Wildman–Crippen LogP) is 3.67. The summed E-state index contributed by atoms with van der Waals surface area (Å²) in [6.07, 6.45) is 1.25. The highest BCUT2D eigenvalue weighted by atomic mass is 32.1. The van der Waals surface area contributed by atoms with Gasteiger partial charge < -0.3 is 5.73 Å². The van der Waals surface area contributed by atoms with E-state index in [4.69, 9.17) is 5.73 Å². The van der Waals surface area contributed by atoms with Crippen LogP contribution in [0.4, 0.5) is 8.78 Å². The van der Waals surface area contributed by atoms with E-state index in [0.717, 1.165) is 28.1 Å². The molecule has 0 saturated carbocycles. The van der Waals surface area contributed by atoms with Crippen molar-refractivity contribution in [2.24, 2.45) is 11.7 Å². The SMILES string of the molecule is CC(C)Cc1nc(Cc2ccc(F)cc2F)sc1CN. The zero-order valence-electron chi connectivity index (χ0n) is 11.6. The minimum Gasteiger partial charge on any atom is -0.326 e.